The number of rotatable bonds is 3. The van der Waals surface area contributed by atoms with Gasteiger partial charge in [0.2, 0.25) is 5.91 Å². The van der Waals surface area contributed by atoms with Crippen molar-refractivity contribution < 1.29 is 4.79 Å². The standard InChI is InChI=1S/C10H8Br2N4O/c11-7-1-2-9(13-3-7)15-10(17)6-16-5-8(12)4-14-16/h1-5H,6H2,(H,13,15,17). The molecule has 0 radical (unpaired) electrons. The third-order valence-corrected chi connectivity index (χ3v) is 2.78. The van der Waals surface area contributed by atoms with Crippen LogP contribution in [0.5, 0.6) is 0 Å². The highest BCUT2D eigenvalue weighted by molar-refractivity contribution is 9.10. The van der Waals surface area contributed by atoms with E-state index in [9.17, 15) is 4.79 Å². The Balaban J connectivity index is 1.95. The fourth-order valence-corrected chi connectivity index (χ4v) is 1.77. The molecule has 0 unspecified atom stereocenters. The van der Waals surface area contributed by atoms with Crippen LogP contribution in [0.4, 0.5) is 5.82 Å². The van der Waals surface area contributed by atoms with Gasteiger partial charge in [0.25, 0.3) is 0 Å². The lowest BCUT2D eigenvalue weighted by atomic mass is 10.4. The van der Waals surface area contributed by atoms with Gasteiger partial charge in [-0.05, 0) is 44.0 Å². The molecule has 0 atom stereocenters. The summed E-state index contributed by atoms with van der Waals surface area (Å²) in [6.45, 7) is 0.156. The zero-order valence-electron chi connectivity index (χ0n) is 8.60. The minimum atomic E-state index is -0.171. The van der Waals surface area contributed by atoms with Crippen molar-refractivity contribution in [3.05, 3.63) is 39.7 Å². The summed E-state index contributed by atoms with van der Waals surface area (Å²) >= 11 is 6.54. The zero-order valence-corrected chi connectivity index (χ0v) is 11.8. The number of nitrogens with one attached hydrogen (secondary N) is 1. The molecule has 2 heterocycles. The minimum absolute atomic E-state index is 0.156. The monoisotopic (exact) mass is 358 g/mol. The van der Waals surface area contributed by atoms with Gasteiger partial charge in [-0.2, -0.15) is 5.10 Å². The van der Waals surface area contributed by atoms with Crippen LogP contribution in [-0.4, -0.2) is 20.7 Å². The van der Waals surface area contributed by atoms with E-state index in [0.29, 0.717) is 5.82 Å². The number of hydrogen-bond acceptors (Lipinski definition) is 3. The molecule has 2 aromatic heterocycles. The van der Waals surface area contributed by atoms with E-state index in [1.807, 2.05) is 6.07 Å². The largest absolute Gasteiger partial charge is 0.309 e. The SMILES string of the molecule is O=C(Cn1cc(Br)cn1)Nc1ccc(Br)cn1. The van der Waals surface area contributed by atoms with E-state index in [1.165, 1.54) is 4.68 Å². The molecule has 0 spiro atoms. The zero-order chi connectivity index (χ0) is 12.3. The van der Waals surface area contributed by atoms with Crippen LogP contribution in [-0.2, 0) is 11.3 Å². The highest BCUT2D eigenvalue weighted by atomic mass is 79.9. The van der Waals surface area contributed by atoms with Crippen LogP contribution >= 0.6 is 31.9 Å². The normalized spacial score (nSPS) is 10.2. The maximum atomic E-state index is 11.6. The number of carbonyl (C=O) groups is 1. The summed E-state index contributed by atoms with van der Waals surface area (Å²) < 4.78 is 3.25. The van der Waals surface area contributed by atoms with Gasteiger partial charge in [0.05, 0.1) is 10.7 Å². The number of anilines is 1. The van der Waals surface area contributed by atoms with E-state index in [2.05, 4.69) is 47.3 Å². The molecule has 0 aliphatic rings. The summed E-state index contributed by atoms with van der Waals surface area (Å²) in [6, 6.07) is 3.54. The summed E-state index contributed by atoms with van der Waals surface area (Å²) in [5.41, 5.74) is 0. The van der Waals surface area contributed by atoms with Gasteiger partial charge in [-0.25, -0.2) is 4.98 Å². The Morgan fingerprint density at radius 3 is 2.71 bits per heavy atom. The Labute approximate surface area is 114 Å². The highest BCUT2D eigenvalue weighted by Gasteiger charge is 2.05. The number of aromatic nitrogens is 3. The van der Waals surface area contributed by atoms with E-state index in [-0.39, 0.29) is 12.5 Å². The molecule has 0 aliphatic heterocycles. The van der Waals surface area contributed by atoms with Crippen LogP contribution < -0.4 is 5.32 Å². The van der Waals surface area contributed by atoms with E-state index < -0.39 is 0 Å². The smallest absolute Gasteiger partial charge is 0.247 e. The number of halogens is 2. The Hall–Kier alpha value is -1.21. The molecule has 1 N–H and O–H groups in total. The molecule has 1 amide bonds. The van der Waals surface area contributed by atoms with Gasteiger partial charge in [0.15, 0.2) is 0 Å². The molecular weight excluding hydrogens is 352 g/mol. The lowest BCUT2D eigenvalue weighted by Crippen LogP contribution is -2.19. The summed E-state index contributed by atoms with van der Waals surface area (Å²) in [5, 5.41) is 6.67. The molecule has 7 heteroatoms. The Morgan fingerprint density at radius 2 is 2.12 bits per heavy atom. The molecule has 5 nitrogen and oxygen atoms in total. The second-order valence-corrected chi connectivity index (χ2v) is 5.10. The molecule has 0 aromatic carbocycles. The Morgan fingerprint density at radius 1 is 1.29 bits per heavy atom. The average Bonchev–Trinajstić information content (AvgIpc) is 2.67. The molecule has 2 rings (SSSR count). The van der Waals surface area contributed by atoms with Crippen LogP contribution in [0.15, 0.2) is 39.7 Å². The van der Waals surface area contributed by atoms with Crippen LogP contribution in [0.1, 0.15) is 0 Å². The highest BCUT2D eigenvalue weighted by Crippen LogP contribution is 2.10. The minimum Gasteiger partial charge on any atom is -0.309 e. The van der Waals surface area contributed by atoms with Crippen LogP contribution in [0.3, 0.4) is 0 Å². The Kier molecular flexibility index (Phi) is 3.90. The lowest BCUT2D eigenvalue weighted by molar-refractivity contribution is -0.116. The summed E-state index contributed by atoms with van der Waals surface area (Å²) in [6.07, 6.45) is 4.99. The number of amides is 1. The molecule has 0 fully saturated rings. The van der Waals surface area contributed by atoms with E-state index >= 15 is 0 Å². The topological polar surface area (TPSA) is 59.8 Å². The fourth-order valence-electron chi connectivity index (χ4n) is 1.20. The summed E-state index contributed by atoms with van der Waals surface area (Å²) in [5.74, 6) is 0.347. The van der Waals surface area contributed by atoms with Crippen molar-refractivity contribution in [3.8, 4) is 0 Å². The molecule has 0 saturated heterocycles. The molecule has 88 valence electrons. The number of nitrogens with zero attached hydrogens (tertiary/aromatic N) is 3. The fraction of sp³-hybridized carbons (Fsp3) is 0.100. The first-order valence-electron chi connectivity index (χ1n) is 4.73. The second-order valence-electron chi connectivity index (χ2n) is 3.27. The average molecular weight is 360 g/mol. The predicted molar refractivity (Wildman–Crippen MR) is 70.5 cm³/mol. The molecule has 0 saturated carbocycles. The molecule has 0 bridgehead atoms. The summed E-state index contributed by atoms with van der Waals surface area (Å²) in [7, 11) is 0. The molecule has 17 heavy (non-hydrogen) atoms. The molecule has 0 aliphatic carbocycles. The molecular formula is C10H8Br2N4O. The number of pyridine rings is 1. The quantitative estimate of drug-likeness (QED) is 0.915. The third-order valence-electron chi connectivity index (χ3n) is 1.90. The van der Waals surface area contributed by atoms with Gasteiger partial charge in [-0.15, -0.1) is 0 Å². The van der Waals surface area contributed by atoms with E-state index in [4.69, 9.17) is 0 Å². The van der Waals surface area contributed by atoms with E-state index in [0.717, 1.165) is 8.95 Å². The maximum Gasteiger partial charge on any atom is 0.247 e. The van der Waals surface area contributed by atoms with Crippen molar-refractivity contribution in [1.82, 2.24) is 14.8 Å². The number of hydrogen-bond donors (Lipinski definition) is 1. The van der Waals surface area contributed by atoms with Crippen LogP contribution in [0.25, 0.3) is 0 Å². The van der Waals surface area contributed by atoms with Crippen LogP contribution in [0, 0.1) is 0 Å². The van der Waals surface area contributed by atoms with Gasteiger partial charge in [0, 0.05) is 16.9 Å². The molecule has 2 aromatic rings. The van der Waals surface area contributed by atoms with Crippen molar-refractivity contribution in [2.45, 2.75) is 6.54 Å². The van der Waals surface area contributed by atoms with Crippen LogP contribution in [0.2, 0.25) is 0 Å². The first kappa shape index (κ1) is 12.3. The first-order valence-corrected chi connectivity index (χ1v) is 6.31. The van der Waals surface area contributed by atoms with Gasteiger partial charge in [-0.1, -0.05) is 0 Å². The maximum absolute atomic E-state index is 11.6. The van der Waals surface area contributed by atoms with Gasteiger partial charge in [-0.3, -0.25) is 9.48 Å². The Bertz CT molecular complexity index is 523. The van der Waals surface area contributed by atoms with Crippen molar-refractivity contribution in [3.63, 3.8) is 0 Å². The van der Waals surface area contributed by atoms with Crippen molar-refractivity contribution in [2.24, 2.45) is 0 Å². The van der Waals surface area contributed by atoms with Crippen molar-refractivity contribution in [2.75, 3.05) is 5.32 Å². The second kappa shape index (κ2) is 5.42. The van der Waals surface area contributed by atoms with Crippen molar-refractivity contribution >= 4 is 43.6 Å². The summed E-state index contributed by atoms with van der Waals surface area (Å²) in [4.78, 5) is 15.7. The predicted octanol–water partition coefficient (Wildman–Crippen LogP) is 2.44. The van der Waals surface area contributed by atoms with E-state index in [1.54, 1.807) is 24.7 Å². The van der Waals surface area contributed by atoms with Gasteiger partial charge in [0.1, 0.15) is 12.4 Å². The van der Waals surface area contributed by atoms with Crippen molar-refractivity contribution in [1.29, 1.82) is 0 Å². The van der Waals surface area contributed by atoms with Gasteiger partial charge < -0.3 is 5.32 Å². The lowest BCUT2D eigenvalue weighted by Gasteiger charge is -2.04. The first-order chi connectivity index (χ1) is 8.13. The third kappa shape index (κ3) is 3.64. The number of carbonyl (C=O) groups excluding carboxylic acids is 1. The van der Waals surface area contributed by atoms with Gasteiger partial charge >= 0.3 is 0 Å².